The summed E-state index contributed by atoms with van der Waals surface area (Å²) in [6.07, 6.45) is 6.50. The Balaban J connectivity index is 1.59. The number of ether oxygens (including phenoxy) is 1. The van der Waals surface area contributed by atoms with Gasteiger partial charge in [0.1, 0.15) is 0 Å². The lowest BCUT2D eigenvalue weighted by molar-refractivity contribution is 0.0940. The van der Waals surface area contributed by atoms with Crippen LogP contribution in [0, 0.1) is 0 Å². The Morgan fingerprint density at radius 2 is 2.50 bits per heavy atom. The second-order valence-corrected chi connectivity index (χ2v) is 6.84. The topological polar surface area (TPSA) is 39.1 Å². The van der Waals surface area contributed by atoms with Crippen LogP contribution in [-0.2, 0) is 11.3 Å². The molecule has 2 aromatic rings. The third-order valence-electron chi connectivity index (χ3n) is 3.45. The van der Waals surface area contributed by atoms with E-state index in [1.807, 2.05) is 23.1 Å². The number of thiophene rings is 1. The number of hydrogen-bond acceptors (Lipinski definition) is 4. The zero-order chi connectivity index (χ0) is 13.9. The maximum absolute atomic E-state index is 5.97. The summed E-state index contributed by atoms with van der Waals surface area (Å²) in [7, 11) is 0. The summed E-state index contributed by atoms with van der Waals surface area (Å²) in [5, 5.41) is 7.83. The van der Waals surface area contributed by atoms with Gasteiger partial charge in [-0.15, -0.1) is 11.3 Å². The Bertz CT molecular complexity index is 562. The highest BCUT2D eigenvalue weighted by molar-refractivity contribution is 7.16. The molecule has 108 valence electrons. The molecule has 2 unspecified atom stereocenters. The highest BCUT2D eigenvalue weighted by Gasteiger charge is 2.16. The summed E-state index contributed by atoms with van der Waals surface area (Å²) < 4.78 is 8.40. The van der Waals surface area contributed by atoms with E-state index >= 15 is 0 Å². The first kappa shape index (κ1) is 13.9. The summed E-state index contributed by atoms with van der Waals surface area (Å²) in [4.78, 5) is 1.22. The number of halogens is 1. The van der Waals surface area contributed by atoms with Crippen molar-refractivity contribution in [2.45, 2.75) is 38.5 Å². The van der Waals surface area contributed by atoms with Crippen LogP contribution in [0.15, 0.2) is 24.5 Å². The molecular formula is C14H18ClN3OS. The Kier molecular flexibility index (Phi) is 4.29. The van der Waals surface area contributed by atoms with Crippen molar-refractivity contribution in [1.29, 1.82) is 0 Å². The number of nitrogens with zero attached hydrogens (tertiary/aromatic N) is 2. The fraction of sp³-hybridized carbons (Fsp3) is 0.500. The predicted molar refractivity (Wildman–Crippen MR) is 82.6 cm³/mol. The predicted octanol–water partition coefficient (Wildman–Crippen LogP) is 3.95. The Morgan fingerprint density at radius 3 is 3.20 bits per heavy atom. The second kappa shape index (κ2) is 6.16. The molecule has 3 rings (SSSR count). The van der Waals surface area contributed by atoms with Crippen LogP contribution in [0.4, 0.5) is 5.69 Å². The summed E-state index contributed by atoms with van der Waals surface area (Å²) in [6, 6.07) is 4.22. The number of nitrogens with one attached hydrogen (secondary N) is 1. The molecule has 0 saturated carbocycles. The lowest BCUT2D eigenvalue weighted by Gasteiger charge is -2.11. The summed E-state index contributed by atoms with van der Waals surface area (Å²) in [5.41, 5.74) is 1.03. The minimum absolute atomic E-state index is 0.230. The van der Waals surface area contributed by atoms with Crippen LogP contribution in [0.3, 0.4) is 0 Å². The highest BCUT2D eigenvalue weighted by atomic mass is 35.5. The molecule has 1 N–H and O–H groups in total. The van der Waals surface area contributed by atoms with Gasteiger partial charge in [-0.2, -0.15) is 5.10 Å². The molecule has 1 saturated heterocycles. The fourth-order valence-electron chi connectivity index (χ4n) is 2.42. The summed E-state index contributed by atoms with van der Waals surface area (Å²) in [6.45, 7) is 3.84. The van der Waals surface area contributed by atoms with Gasteiger partial charge in [0.15, 0.2) is 0 Å². The molecule has 2 atom stereocenters. The van der Waals surface area contributed by atoms with Gasteiger partial charge < -0.3 is 10.1 Å². The van der Waals surface area contributed by atoms with E-state index in [1.54, 1.807) is 11.3 Å². The molecule has 0 radical (unpaired) electrons. The Morgan fingerprint density at radius 1 is 1.60 bits per heavy atom. The molecule has 1 aliphatic heterocycles. The third-order valence-corrected chi connectivity index (χ3v) is 4.87. The van der Waals surface area contributed by atoms with E-state index in [9.17, 15) is 0 Å². The Hall–Kier alpha value is -1.04. The highest BCUT2D eigenvalue weighted by Crippen LogP contribution is 2.28. The van der Waals surface area contributed by atoms with Gasteiger partial charge in [-0.1, -0.05) is 11.6 Å². The molecular weight excluding hydrogens is 294 g/mol. The largest absolute Gasteiger partial charge is 0.376 e. The fourth-order valence-corrected chi connectivity index (χ4v) is 3.48. The van der Waals surface area contributed by atoms with Crippen molar-refractivity contribution in [3.63, 3.8) is 0 Å². The number of rotatable bonds is 5. The van der Waals surface area contributed by atoms with Crippen molar-refractivity contribution in [2.24, 2.45) is 0 Å². The van der Waals surface area contributed by atoms with Gasteiger partial charge in [0.25, 0.3) is 0 Å². The normalized spacial score (nSPS) is 20.2. The van der Waals surface area contributed by atoms with Gasteiger partial charge in [0.2, 0.25) is 0 Å². The minimum atomic E-state index is 0.230. The molecule has 1 aliphatic rings. The van der Waals surface area contributed by atoms with E-state index < -0.39 is 0 Å². The van der Waals surface area contributed by atoms with Crippen molar-refractivity contribution in [2.75, 3.05) is 11.9 Å². The van der Waals surface area contributed by atoms with Crippen molar-refractivity contribution in [1.82, 2.24) is 9.78 Å². The molecule has 3 heterocycles. The van der Waals surface area contributed by atoms with Crippen LogP contribution >= 0.6 is 22.9 Å². The van der Waals surface area contributed by atoms with Crippen LogP contribution < -0.4 is 5.32 Å². The van der Waals surface area contributed by atoms with Crippen LogP contribution in [-0.4, -0.2) is 22.5 Å². The van der Waals surface area contributed by atoms with Gasteiger partial charge in [-0.3, -0.25) is 4.68 Å². The molecule has 6 heteroatoms. The SMILES string of the molecule is CC(Nc1cnn(CC2CCCO2)c1)c1ccc(Cl)s1. The zero-order valence-electron chi connectivity index (χ0n) is 11.4. The van der Waals surface area contributed by atoms with Gasteiger partial charge in [-0.05, 0) is 31.9 Å². The Labute approximate surface area is 127 Å². The summed E-state index contributed by atoms with van der Waals surface area (Å²) >= 11 is 7.57. The van der Waals surface area contributed by atoms with E-state index in [4.69, 9.17) is 16.3 Å². The minimum Gasteiger partial charge on any atom is -0.376 e. The average Bonchev–Trinajstić information content (AvgIpc) is 3.13. The monoisotopic (exact) mass is 311 g/mol. The van der Waals surface area contributed by atoms with E-state index in [0.717, 1.165) is 36.0 Å². The first-order valence-corrected chi connectivity index (χ1v) is 8.06. The van der Waals surface area contributed by atoms with Crippen molar-refractivity contribution in [3.05, 3.63) is 33.7 Å². The van der Waals surface area contributed by atoms with Crippen LogP contribution in [0.5, 0.6) is 0 Å². The maximum atomic E-state index is 5.97. The summed E-state index contributed by atoms with van der Waals surface area (Å²) in [5.74, 6) is 0. The van der Waals surface area contributed by atoms with Gasteiger partial charge in [0, 0.05) is 17.7 Å². The first-order chi connectivity index (χ1) is 9.70. The van der Waals surface area contributed by atoms with Crippen molar-refractivity contribution < 1.29 is 4.74 Å². The molecule has 0 spiro atoms. The molecule has 0 bridgehead atoms. The molecule has 0 aromatic carbocycles. The quantitative estimate of drug-likeness (QED) is 0.908. The third kappa shape index (κ3) is 3.34. The lowest BCUT2D eigenvalue weighted by atomic mass is 10.2. The van der Waals surface area contributed by atoms with E-state index in [2.05, 4.69) is 23.4 Å². The standard InChI is InChI=1S/C14H18ClN3OS/c1-10(13-4-5-14(15)20-13)17-11-7-16-18(8-11)9-12-3-2-6-19-12/h4-5,7-8,10,12,17H,2-3,6,9H2,1H3. The van der Waals surface area contributed by atoms with Crippen LogP contribution in [0.2, 0.25) is 4.34 Å². The lowest BCUT2D eigenvalue weighted by Crippen LogP contribution is -2.15. The van der Waals surface area contributed by atoms with Crippen LogP contribution in [0.1, 0.15) is 30.7 Å². The van der Waals surface area contributed by atoms with E-state index in [1.165, 1.54) is 4.88 Å². The smallest absolute Gasteiger partial charge is 0.0932 e. The molecule has 0 aliphatic carbocycles. The van der Waals surface area contributed by atoms with E-state index in [-0.39, 0.29) is 6.04 Å². The molecule has 1 fully saturated rings. The molecule has 0 amide bonds. The van der Waals surface area contributed by atoms with Gasteiger partial charge >= 0.3 is 0 Å². The van der Waals surface area contributed by atoms with Gasteiger partial charge in [0.05, 0.1) is 34.9 Å². The van der Waals surface area contributed by atoms with Crippen molar-refractivity contribution >= 4 is 28.6 Å². The van der Waals surface area contributed by atoms with E-state index in [0.29, 0.717) is 6.10 Å². The maximum Gasteiger partial charge on any atom is 0.0932 e. The molecule has 2 aromatic heterocycles. The second-order valence-electron chi connectivity index (χ2n) is 5.09. The number of aromatic nitrogens is 2. The molecule has 4 nitrogen and oxygen atoms in total. The molecule has 20 heavy (non-hydrogen) atoms. The van der Waals surface area contributed by atoms with Gasteiger partial charge in [-0.25, -0.2) is 0 Å². The van der Waals surface area contributed by atoms with Crippen LogP contribution in [0.25, 0.3) is 0 Å². The van der Waals surface area contributed by atoms with Crippen molar-refractivity contribution in [3.8, 4) is 0 Å². The number of hydrogen-bond donors (Lipinski definition) is 1. The number of anilines is 1. The zero-order valence-corrected chi connectivity index (χ0v) is 13.0. The average molecular weight is 312 g/mol. The first-order valence-electron chi connectivity index (χ1n) is 6.86.